The molecule has 0 aromatic carbocycles. The maximum absolute atomic E-state index is 9.44. The molecule has 15 heavy (non-hydrogen) atoms. The Morgan fingerprint density at radius 3 is 1.00 bits per heavy atom. The van der Waals surface area contributed by atoms with E-state index in [-0.39, 0.29) is 21.1 Å². The molecule has 0 heterocycles. The van der Waals surface area contributed by atoms with Gasteiger partial charge < -0.3 is 19.8 Å². The molecule has 88 valence electrons. The van der Waals surface area contributed by atoms with E-state index in [9.17, 15) is 19.8 Å². The maximum atomic E-state index is 9.44. The number of carboxylic acid groups (broad SMARTS) is 2. The van der Waals surface area contributed by atoms with Crippen LogP contribution in [0, 0.1) is 0 Å². The van der Waals surface area contributed by atoms with Gasteiger partial charge in [-0.15, -0.1) is 0 Å². The van der Waals surface area contributed by atoms with Gasteiger partial charge >= 0.3 is 31.0 Å². The van der Waals surface area contributed by atoms with Crippen LogP contribution in [-0.4, -0.2) is 42.2 Å². The number of carbonyl (C=O) groups excluding carboxylic acids is 2. The van der Waals surface area contributed by atoms with Crippen LogP contribution < -0.4 is 10.2 Å². The number of hydrogen-bond acceptors (Lipinski definition) is 8. The Labute approximate surface area is 121 Å². The molecule has 0 fully saturated rings. The fourth-order valence-electron chi connectivity index (χ4n) is 0. The molecule has 0 amide bonds. The van der Waals surface area contributed by atoms with E-state index in [0.717, 1.165) is 0 Å². The van der Waals surface area contributed by atoms with Gasteiger partial charge in [-0.1, -0.05) is 0 Å². The average molecular weight is 395 g/mol. The fourth-order valence-corrected chi connectivity index (χ4v) is 0. The van der Waals surface area contributed by atoms with Gasteiger partial charge in [-0.3, -0.25) is 0 Å². The van der Waals surface area contributed by atoms with Crippen molar-refractivity contribution in [2.24, 2.45) is 0 Å². The third kappa shape index (κ3) is 31.3. The zero-order valence-electron chi connectivity index (χ0n) is 8.08. The van der Waals surface area contributed by atoms with Crippen molar-refractivity contribution in [3.05, 3.63) is 0 Å². The Morgan fingerprint density at radius 2 is 1.00 bits per heavy atom. The van der Waals surface area contributed by atoms with Crippen molar-refractivity contribution in [2.45, 2.75) is 19.0 Å². The molecule has 0 unspecified atom stereocenters. The predicted octanol–water partition coefficient (Wildman–Crippen LogP) is -1.37. The summed E-state index contributed by atoms with van der Waals surface area (Å²) in [4.78, 5) is 23.5. The molecular formula is C6H12O4S4Sn. The van der Waals surface area contributed by atoms with Gasteiger partial charge in [0.15, 0.2) is 0 Å². The van der Waals surface area contributed by atoms with E-state index in [0.29, 0.717) is 0 Å². The quantitative estimate of drug-likeness (QED) is 0.265. The van der Waals surface area contributed by atoms with E-state index >= 15 is 0 Å². The molecule has 0 saturated carbocycles. The molecule has 0 aliphatic heterocycles. The molecule has 0 rings (SSSR count). The van der Waals surface area contributed by atoms with Crippen LogP contribution in [0.15, 0.2) is 0 Å². The Kier molecular flexibility index (Phi) is 21.6. The van der Waals surface area contributed by atoms with E-state index in [1.807, 2.05) is 0 Å². The predicted molar refractivity (Wildman–Crippen MR) is 71.0 cm³/mol. The third-order valence-corrected chi connectivity index (χ3v) is 1.26. The Bertz CT molecular complexity index is 159. The Morgan fingerprint density at radius 1 is 0.933 bits per heavy atom. The summed E-state index contributed by atoms with van der Waals surface area (Å²) in [5, 5.41) is 18.9. The summed E-state index contributed by atoms with van der Waals surface area (Å²) < 4.78 is -1.91. The molecule has 4 nitrogen and oxygen atoms in total. The molecule has 0 aliphatic carbocycles. The van der Waals surface area contributed by atoms with E-state index in [1.165, 1.54) is 0 Å². The van der Waals surface area contributed by atoms with Crippen molar-refractivity contribution in [1.82, 2.24) is 0 Å². The number of carboxylic acids is 2. The van der Waals surface area contributed by atoms with Crippen molar-refractivity contribution in [3.8, 4) is 0 Å². The molecule has 0 atom stereocenters. The fraction of sp³-hybridized carbons (Fsp3) is 0.667. The summed E-state index contributed by atoms with van der Waals surface area (Å²) in [5.41, 5.74) is 0. The molecule has 0 aromatic heterocycles. The van der Waals surface area contributed by atoms with Crippen LogP contribution in [0.1, 0.15) is 0 Å². The zero-order chi connectivity index (χ0) is 13.0. The second-order valence-corrected chi connectivity index (χ2v) is 7.62. The van der Waals surface area contributed by atoms with Crippen LogP contribution in [0.3, 0.4) is 0 Å². The van der Waals surface area contributed by atoms with Crippen LogP contribution in [0.4, 0.5) is 0 Å². The SMILES string of the molecule is O=C([O-])C(S)S.O=C([O-])C(S)S.[CH3][Sn+2][CH3]. The first-order chi connectivity index (χ1) is 6.70. The summed E-state index contributed by atoms with van der Waals surface area (Å²) >= 11 is 13.8. The molecule has 0 aromatic rings. The van der Waals surface area contributed by atoms with Crippen molar-refractivity contribution >= 4 is 83.6 Å². The van der Waals surface area contributed by atoms with Gasteiger partial charge in [0.25, 0.3) is 0 Å². The van der Waals surface area contributed by atoms with Crippen LogP contribution in [0.2, 0.25) is 9.88 Å². The zero-order valence-corrected chi connectivity index (χ0v) is 14.5. The van der Waals surface area contributed by atoms with Crippen LogP contribution in [-0.2, 0) is 9.59 Å². The summed E-state index contributed by atoms with van der Waals surface area (Å²) in [6, 6.07) is 0. The topological polar surface area (TPSA) is 80.3 Å². The molecule has 0 bridgehead atoms. The molecule has 0 spiro atoms. The molecule has 0 N–H and O–H groups in total. The van der Waals surface area contributed by atoms with E-state index in [2.05, 4.69) is 60.4 Å². The first kappa shape index (κ1) is 21.4. The number of rotatable bonds is 2. The van der Waals surface area contributed by atoms with Gasteiger partial charge in [0.05, 0.1) is 21.1 Å². The Balaban J connectivity index is -0.000000153. The first-order valence-corrected chi connectivity index (χ1v) is 11.2. The van der Waals surface area contributed by atoms with Gasteiger partial charge in [-0.05, 0) is 0 Å². The first-order valence-electron chi connectivity index (χ1n) is 3.43. The second-order valence-electron chi connectivity index (χ2n) is 1.89. The number of aliphatic carboxylic acids is 2. The summed E-state index contributed by atoms with van der Waals surface area (Å²) in [6.45, 7) is 0. The molecule has 0 saturated heterocycles. The normalized spacial score (nSPS) is 8.00. The summed E-state index contributed by atoms with van der Waals surface area (Å²) in [5.74, 6) is -2.52. The van der Waals surface area contributed by atoms with Gasteiger partial charge in [0.1, 0.15) is 0 Å². The van der Waals surface area contributed by atoms with E-state index in [4.69, 9.17) is 0 Å². The summed E-state index contributed by atoms with van der Waals surface area (Å²) in [7, 11) is 0. The molecule has 0 radical (unpaired) electrons. The number of carbonyl (C=O) groups is 2. The minimum atomic E-state index is -1.26. The Hall–Kier alpha value is 1.14. The third-order valence-electron chi connectivity index (χ3n) is 0.422. The minimum absolute atomic E-state index is 0.230. The van der Waals surface area contributed by atoms with Gasteiger partial charge in [0, 0.05) is 0 Å². The van der Waals surface area contributed by atoms with Crippen molar-refractivity contribution in [1.29, 1.82) is 0 Å². The monoisotopic (exact) mass is 396 g/mol. The standard InChI is InChI=1S/2C2H4O2S2.2CH3.Sn/c2*3-1(4)2(5)6;;;/h2*2,5-6H,(H,3,4);2*1H3;/q;;;;+2/p-2. The van der Waals surface area contributed by atoms with Crippen molar-refractivity contribution < 1.29 is 19.8 Å². The van der Waals surface area contributed by atoms with Crippen molar-refractivity contribution in [2.75, 3.05) is 0 Å². The van der Waals surface area contributed by atoms with Gasteiger partial charge in [0.2, 0.25) is 0 Å². The second kappa shape index (κ2) is 15.1. The van der Waals surface area contributed by atoms with Gasteiger partial charge in [-0.25, -0.2) is 0 Å². The van der Waals surface area contributed by atoms with Crippen molar-refractivity contribution in [3.63, 3.8) is 0 Å². The van der Waals surface area contributed by atoms with Crippen LogP contribution in [0.25, 0.3) is 0 Å². The molecular weight excluding hydrogens is 383 g/mol. The van der Waals surface area contributed by atoms with E-state index < -0.39 is 21.1 Å². The van der Waals surface area contributed by atoms with Crippen LogP contribution >= 0.6 is 50.5 Å². The average Bonchev–Trinajstić information content (AvgIpc) is 2.06. The number of thiol groups is 4. The van der Waals surface area contributed by atoms with Gasteiger partial charge in [-0.2, -0.15) is 50.5 Å². The van der Waals surface area contributed by atoms with Crippen LogP contribution in [0.5, 0.6) is 0 Å². The summed E-state index contributed by atoms with van der Waals surface area (Å²) in [6.07, 6.45) is 0. The molecule has 0 aliphatic rings. The molecule has 9 heteroatoms. The van der Waals surface area contributed by atoms with E-state index in [1.54, 1.807) is 0 Å². The number of hydrogen-bond donors (Lipinski definition) is 4.